The number of urea groups is 1. The van der Waals surface area contributed by atoms with E-state index in [1.165, 1.54) is 10.9 Å². The van der Waals surface area contributed by atoms with Gasteiger partial charge in [0.05, 0.1) is 18.8 Å². The van der Waals surface area contributed by atoms with Gasteiger partial charge in [-0.2, -0.15) is 11.3 Å². The summed E-state index contributed by atoms with van der Waals surface area (Å²) in [6.07, 6.45) is 1.48. The Bertz CT molecular complexity index is 610. The molecule has 0 radical (unpaired) electrons. The predicted octanol–water partition coefficient (Wildman–Crippen LogP) is 0.985. The third kappa shape index (κ3) is 4.56. The number of rotatable bonds is 6. The molecule has 21 heavy (non-hydrogen) atoms. The maximum Gasteiger partial charge on any atom is 0.325 e. The average molecular weight is 309 g/mol. The van der Waals surface area contributed by atoms with Crippen molar-refractivity contribution in [3.63, 3.8) is 0 Å². The normalized spacial score (nSPS) is 11.9. The van der Waals surface area contributed by atoms with E-state index in [-0.39, 0.29) is 25.2 Å². The fraction of sp³-hybridized carbons (Fsp3) is 0.333. The van der Waals surface area contributed by atoms with E-state index in [1.807, 2.05) is 23.8 Å². The molecule has 2 rings (SSSR count). The first-order valence-corrected chi connectivity index (χ1v) is 7.16. The predicted molar refractivity (Wildman–Crippen MR) is 75.8 cm³/mol. The third-order valence-electron chi connectivity index (χ3n) is 2.70. The zero-order chi connectivity index (χ0) is 15.2. The summed E-state index contributed by atoms with van der Waals surface area (Å²) in [5.74, 6) is -0.998. The first kappa shape index (κ1) is 15.0. The SMILES string of the molecule is CC(NC(=O)NCc1cn(CC(=O)O)nn1)c1ccsc1. The van der Waals surface area contributed by atoms with Crippen molar-refractivity contribution in [2.45, 2.75) is 26.1 Å². The first-order valence-electron chi connectivity index (χ1n) is 6.22. The molecule has 2 amide bonds. The summed E-state index contributed by atoms with van der Waals surface area (Å²) < 4.78 is 1.20. The van der Waals surface area contributed by atoms with Gasteiger partial charge in [-0.15, -0.1) is 5.10 Å². The summed E-state index contributed by atoms with van der Waals surface area (Å²) in [4.78, 5) is 22.2. The fourth-order valence-corrected chi connectivity index (χ4v) is 2.41. The van der Waals surface area contributed by atoms with Gasteiger partial charge < -0.3 is 15.7 Å². The zero-order valence-corrected chi connectivity index (χ0v) is 12.1. The standard InChI is InChI=1S/C12H15N5O3S/c1-8(9-2-3-21-7-9)14-12(20)13-4-10-5-17(16-15-10)6-11(18)19/h2-3,5,7-8H,4,6H2,1H3,(H,18,19)(H2,13,14,20). The minimum absolute atomic E-state index is 0.0843. The Morgan fingerprint density at radius 2 is 2.33 bits per heavy atom. The molecular formula is C12H15N5O3S. The number of carboxylic acid groups (broad SMARTS) is 1. The van der Waals surface area contributed by atoms with Crippen molar-refractivity contribution < 1.29 is 14.7 Å². The van der Waals surface area contributed by atoms with E-state index >= 15 is 0 Å². The number of nitrogens with one attached hydrogen (secondary N) is 2. The van der Waals surface area contributed by atoms with Crippen LogP contribution in [-0.2, 0) is 17.9 Å². The molecule has 2 heterocycles. The fourth-order valence-electron chi connectivity index (χ4n) is 1.66. The lowest BCUT2D eigenvalue weighted by molar-refractivity contribution is -0.137. The highest BCUT2D eigenvalue weighted by molar-refractivity contribution is 7.07. The van der Waals surface area contributed by atoms with Crippen LogP contribution in [0.3, 0.4) is 0 Å². The van der Waals surface area contributed by atoms with Gasteiger partial charge in [-0.1, -0.05) is 5.21 Å². The first-order chi connectivity index (χ1) is 10.0. The molecule has 2 aromatic heterocycles. The number of thiophene rings is 1. The summed E-state index contributed by atoms with van der Waals surface area (Å²) >= 11 is 1.57. The largest absolute Gasteiger partial charge is 0.480 e. The number of aromatic nitrogens is 3. The Labute approximate surface area is 124 Å². The Morgan fingerprint density at radius 3 is 3.00 bits per heavy atom. The Morgan fingerprint density at radius 1 is 1.52 bits per heavy atom. The second-order valence-electron chi connectivity index (χ2n) is 4.41. The summed E-state index contributed by atoms with van der Waals surface area (Å²) in [6, 6.07) is 1.55. The number of hydrogen-bond acceptors (Lipinski definition) is 5. The molecule has 0 aliphatic carbocycles. The van der Waals surface area contributed by atoms with Crippen LogP contribution in [0.15, 0.2) is 23.0 Å². The van der Waals surface area contributed by atoms with Crippen molar-refractivity contribution >= 4 is 23.3 Å². The van der Waals surface area contributed by atoms with Gasteiger partial charge in [0.15, 0.2) is 0 Å². The van der Waals surface area contributed by atoms with E-state index in [9.17, 15) is 9.59 Å². The zero-order valence-electron chi connectivity index (χ0n) is 11.3. The number of carboxylic acids is 1. The van der Waals surface area contributed by atoms with Crippen LogP contribution < -0.4 is 10.6 Å². The van der Waals surface area contributed by atoms with Crippen molar-refractivity contribution in [2.24, 2.45) is 0 Å². The van der Waals surface area contributed by atoms with E-state index in [1.54, 1.807) is 11.3 Å². The maximum atomic E-state index is 11.7. The topological polar surface area (TPSA) is 109 Å². The highest BCUT2D eigenvalue weighted by atomic mass is 32.1. The van der Waals surface area contributed by atoms with E-state index in [2.05, 4.69) is 20.9 Å². The van der Waals surface area contributed by atoms with Crippen LogP contribution in [0.2, 0.25) is 0 Å². The van der Waals surface area contributed by atoms with Gasteiger partial charge in [0.25, 0.3) is 0 Å². The van der Waals surface area contributed by atoms with Crippen LogP contribution in [-0.4, -0.2) is 32.1 Å². The number of carbonyl (C=O) groups is 2. The summed E-state index contributed by atoms with van der Waals surface area (Å²) in [5, 5.41) is 25.4. The molecule has 0 bridgehead atoms. The Kier molecular flexibility index (Phi) is 4.88. The van der Waals surface area contributed by atoms with Crippen molar-refractivity contribution in [3.8, 4) is 0 Å². The number of nitrogens with zero attached hydrogens (tertiary/aromatic N) is 3. The monoisotopic (exact) mass is 309 g/mol. The molecule has 2 aromatic rings. The van der Waals surface area contributed by atoms with Crippen molar-refractivity contribution in [2.75, 3.05) is 0 Å². The minimum atomic E-state index is -0.998. The lowest BCUT2D eigenvalue weighted by Gasteiger charge is -2.12. The number of hydrogen-bond donors (Lipinski definition) is 3. The molecule has 0 aliphatic heterocycles. The van der Waals surface area contributed by atoms with Crippen LogP contribution in [0.1, 0.15) is 24.2 Å². The molecule has 0 aliphatic rings. The number of carbonyl (C=O) groups excluding carboxylic acids is 1. The highest BCUT2D eigenvalue weighted by Gasteiger charge is 2.10. The number of amides is 2. The maximum absolute atomic E-state index is 11.7. The molecule has 9 heteroatoms. The lowest BCUT2D eigenvalue weighted by atomic mass is 10.2. The summed E-state index contributed by atoms with van der Waals surface area (Å²) in [7, 11) is 0. The van der Waals surface area contributed by atoms with Gasteiger partial charge in [-0.25, -0.2) is 9.48 Å². The molecule has 0 saturated heterocycles. The van der Waals surface area contributed by atoms with E-state index < -0.39 is 5.97 Å². The molecule has 8 nitrogen and oxygen atoms in total. The van der Waals surface area contributed by atoms with E-state index in [0.717, 1.165) is 5.56 Å². The highest BCUT2D eigenvalue weighted by Crippen LogP contribution is 2.15. The van der Waals surface area contributed by atoms with Crippen molar-refractivity contribution in [1.82, 2.24) is 25.6 Å². The van der Waals surface area contributed by atoms with E-state index in [4.69, 9.17) is 5.11 Å². The Balaban J connectivity index is 1.78. The van der Waals surface area contributed by atoms with Crippen LogP contribution in [0.25, 0.3) is 0 Å². The smallest absolute Gasteiger partial charge is 0.325 e. The summed E-state index contributed by atoms with van der Waals surface area (Å²) in [6.45, 7) is 1.82. The van der Waals surface area contributed by atoms with Crippen molar-refractivity contribution in [1.29, 1.82) is 0 Å². The minimum Gasteiger partial charge on any atom is -0.480 e. The second-order valence-corrected chi connectivity index (χ2v) is 5.19. The van der Waals surface area contributed by atoms with Gasteiger partial charge in [0.1, 0.15) is 12.2 Å². The quantitative estimate of drug-likeness (QED) is 0.737. The van der Waals surface area contributed by atoms with Crippen LogP contribution in [0.4, 0.5) is 4.79 Å². The molecule has 1 unspecified atom stereocenters. The average Bonchev–Trinajstić information content (AvgIpc) is 3.06. The van der Waals surface area contributed by atoms with Gasteiger partial charge >= 0.3 is 12.0 Å². The molecule has 112 valence electrons. The van der Waals surface area contributed by atoms with Gasteiger partial charge in [0.2, 0.25) is 0 Å². The number of aliphatic carboxylic acids is 1. The summed E-state index contributed by atoms with van der Waals surface area (Å²) in [5.41, 5.74) is 1.54. The molecule has 0 fully saturated rings. The van der Waals surface area contributed by atoms with Crippen molar-refractivity contribution in [3.05, 3.63) is 34.3 Å². The molecule has 0 saturated carbocycles. The molecule has 0 spiro atoms. The van der Waals surface area contributed by atoms with Gasteiger partial charge in [0, 0.05) is 0 Å². The molecule has 1 atom stereocenters. The Hall–Kier alpha value is -2.42. The van der Waals surface area contributed by atoms with E-state index in [0.29, 0.717) is 5.69 Å². The van der Waals surface area contributed by atoms with Gasteiger partial charge in [-0.3, -0.25) is 4.79 Å². The van der Waals surface area contributed by atoms with Gasteiger partial charge in [-0.05, 0) is 29.3 Å². The molecular weight excluding hydrogens is 294 g/mol. The van der Waals surface area contributed by atoms with Crippen LogP contribution >= 0.6 is 11.3 Å². The van der Waals surface area contributed by atoms with Crippen LogP contribution in [0, 0.1) is 0 Å². The third-order valence-corrected chi connectivity index (χ3v) is 3.41. The molecule has 0 aromatic carbocycles. The second kappa shape index (κ2) is 6.84. The molecule has 3 N–H and O–H groups in total. The van der Waals surface area contributed by atoms with Crippen LogP contribution in [0.5, 0.6) is 0 Å². The lowest BCUT2D eigenvalue weighted by Crippen LogP contribution is -2.36.